The van der Waals surface area contributed by atoms with Gasteiger partial charge in [-0.2, -0.15) is 13.2 Å². The van der Waals surface area contributed by atoms with Crippen LogP contribution in [-0.4, -0.2) is 46.1 Å². The summed E-state index contributed by atoms with van der Waals surface area (Å²) in [5, 5.41) is 8.39. The summed E-state index contributed by atoms with van der Waals surface area (Å²) in [4.78, 5) is 26.1. The first-order chi connectivity index (χ1) is 8.70. The summed E-state index contributed by atoms with van der Waals surface area (Å²) in [6.07, 6.45) is -2.45. The van der Waals surface area contributed by atoms with E-state index in [4.69, 9.17) is 16.7 Å². The summed E-state index contributed by atoms with van der Waals surface area (Å²) >= 11 is 5.63. The number of pyridine rings is 1. The maximum atomic E-state index is 12.3. The number of carbonyl (C=O) groups excluding carboxylic acids is 1. The van der Waals surface area contributed by atoms with E-state index in [9.17, 15) is 22.8 Å². The van der Waals surface area contributed by atoms with Gasteiger partial charge in [0, 0.05) is 12.4 Å². The van der Waals surface area contributed by atoms with Crippen LogP contribution in [0.1, 0.15) is 10.4 Å². The van der Waals surface area contributed by atoms with Crippen LogP contribution in [0.5, 0.6) is 0 Å². The Morgan fingerprint density at radius 2 is 2.05 bits per heavy atom. The van der Waals surface area contributed by atoms with Crippen molar-refractivity contribution in [2.24, 2.45) is 0 Å². The van der Waals surface area contributed by atoms with E-state index in [1.807, 2.05) is 0 Å². The molecule has 0 aromatic carbocycles. The lowest BCUT2D eigenvalue weighted by Crippen LogP contribution is -2.42. The van der Waals surface area contributed by atoms with Crippen LogP contribution in [-0.2, 0) is 4.79 Å². The van der Waals surface area contributed by atoms with Gasteiger partial charge in [0.25, 0.3) is 5.91 Å². The summed E-state index contributed by atoms with van der Waals surface area (Å²) in [6, 6.07) is 1.12. The van der Waals surface area contributed by atoms with Gasteiger partial charge in [0.05, 0.1) is 10.6 Å². The van der Waals surface area contributed by atoms with Crippen molar-refractivity contribution in [3.8, 4) is 0 Å². The molecule has 19 heavy (non-hydrogen) atoms. The number of nitrogens with zero attached hydrogens (tertiary/aromatic N) is 2. The monoisotopic (exact) mass is 296 g/mol. The van der Waals surface area contributed by atoms with Gasteiger partial charge in [0.15, 0.2) is 0 Å². The Hall–Kier alpha value is -1.83. The van der Waals surface area contributed by atoms with Crippen LogP contribution < -0.4 is 0 Å². The Labute approximate surface area is 110 Å². The van der Waals surface area contributed by atoms with Crippen LogP contribution in [0, 0.1) is 0 Å². The number of hydrogen-bond acceptors (Lipinski definition) is 3. The van der Waals surface area contributed by atoms with Crippen molar-refractivity contribution >= 4 is 23.5 Å². The fraction of sp³-hybridized carbons (Fsp3) is 0.300. The Bertz CT molecular complexity index is 493. The topological polar surface area (TPSA) is 70.5 Å². The molecule has 1 amide bonds. The van der Waals surface area contributed by atoms with E-state index < -0.39 is 31.1 Å². The maximum Gasteiger partial charge on any atom is 0.406 e. The van der Waals surface area contributed by atoms with E-state index in [0.717, 1.165) is 12.3 Å². The molecule has 0 unspecified atom stereocenters. The first-order valence-electron chi connectivity index (χ1n) is 4.88. The summed E-state index contributed by atoms with van der Waals surface area (Å²) < 4.78 is 36.9. The summed E-state index contributed by atoms with van der Waals surface area (Å²) in [5.74, 6) is -2.67. The van der Waals surface area contributed by atoms with Crippen molar-refractivity contribution in [2.45, 2.75) is 6.18 Å². The van der Waals surface area contributed by atoms with Gasteiger partial charge in [-0.25, -0.2) is 0 Å². The molecule has 104 valence electrons. The number of amides is 1. The SMILES string of the molecule is O=C(O)CN(CC(F)(F)F)C(=O)c1ccncc1Cl. The van der Waals surface area contributed by atoms with Gasteiger partial charge in [0.1, 0.15) is 13.1 Å². The smallest absolute Gasteiger partial charge is 0.406 e. The molecule has 0 atom stereocenters. The van der Waals surface area contributed by atoms with E-state index in [-0.39, 0.29) is 15.5 Å². The number of halogens is 4. The standard InChI is InChI=1S/C10H8ClF3N2O3/c11-7-3-15-2-1-6(7)9(19)16(4-8(17)18)5-10(12,13)14/h1-3H,4-5H2,(H,17,18). The number of aromatic nitrogens is 1. The van der Waals surface area contributed by atoms with Crippen LogP contribution in [0.4, 0.5) is 13.2 Å². The number of carbonyl (C=O) groups is 2. The maximum absolute atomic E-state index is 12.3. The minimum atomic E-state index is -4.70. The molecule has 0 aliphatic heterocycles. The highest BCUT2D eigenvalue weighted by atomic mass is 35.5. The molecular formula is C10H8ClF3N2O3. The molecule has 0 aliphatic rings. The minimum absolute atomic E-state index is 0.148. The van der Waals surface area contributed by atoms with E-state index in [2.05, 4.69) is 4.98 Å². The molecule has 1 heterocycles. The number of alkyl halides is 3. The van der Waals surface area contributed by atoms with Crippen LogP contribution in [0.25, 0.3) is 0 Å². The molecular weight excluding hydrogens is 289 g/mol. The molecule has 1 aromatic heterocycles. The highest BCUT2D eigenvalue weighted by Crippen LogP contribution is 2.20. The molecule has 0 saturated heterocycles. The molecule has 0 aliphatic carbocycles. The second-order valence-corrected chi connectivity index (χ2v) is 3.93. The zero-order valence-corrected chi connectivity index (χ0v) is 10.1. The molecule has 0 radical (unpaired) electrons. The van der Waals surface area contributed by atoms with Crippen LogP contribution in [0.2, 0.25) is 5.02 Å². The third-order valence-electron chi connectivity index (χ3n) is 1.99. The minimum Gasteiger partial charge on any atom is -0.480 e. The van der Waals surface area contributed by atoms with Crippen LogP contribution >= 0.6 is 11.6 Å². The average Bonchev–Trinajstić information content (AvgIpc) is 2.25. The fourth-order valence-corrected chi connectivity index (χ4v) is 1.50. The summed E-state index contributed by atoms with van der Waals surface area (Å²) in [6.45, 7) is -2.74. The first-order valence-corrected chi connectivity index (χ1v) is 5.26. The van der Waals surface area contributed by atoms with E-state index in [0.29, 0.717) is 0 Å². The second-order valence-electron chi connectivity index (χ2n) is 3.53. The summed E-state index contributed by atoms with van der Waals surface area (Å²) in [7, 11) is 0. The quantitative estimate of drug-likeness (QED) is 0.920. The number of carboxylic acid groups (broad SMARTS) is 1. The molecule has 1 rings (SSSR count). The Kier molecular flexibility index (Phi) is 4.71. The largest absolute Gasteiger partial charge is 0.480 e. The van der Waals surface area contributed by atoms with Gasteiger partial charge in [0.2, 0.25) is 0 Å². The third kappa shape index (κ3) is 4.74. The molecule has 0 saturated carbocycles. The molecule has 1 aromatic rings. The van der Waals surface area contributed by atoms with Crippen molar-refractivity contribution in [1.82, 2.24) is 9.88 Å². The van der Waals surface area contributed by atoms with Gasteiger partial charge < -0.3 is 10.0 Å². The van der Waals surface area contributed by atoms with Gasteiger partial charge in [-0.3, -0.25) is 14.6 Å². The highest BCUT2D eigenvalue weighted by molar-refractivity contribution is 6.33. The number of carboxylic acids is 1. The molecule has 0 fully saturated rings. The number of hydrogen-bond donors (Lipinski definition) is 1. The fourth-order valence-electron chi connectivity index (χ4n) is 1.30. The van der Waals surface area contributed by atoms with Crippen molar-refractivity contribution in [3.05, 3.63) is 29.0 Å². The van der Waals surface area contributed by atoms with Crippen molar-refractivity contribution < 1.29 is 27.9 Å². The van der Waals surface area contributed by atoms with Crippen molar-refractivity contribution in [1.29, 1.82) is 0 Å². The van der Waals surface area contributed by atoms with Gasteiger partial charge in [-0.15, -0.1) is 0 Å². The Balaban J connectivity index is 3.01. The highest BCUT2D eigenvalue weighted by Gasteiger charge is 2.34. The second kappa shape index (κ2) is 5.87. The molecule has 5 nitrogen and oxygen atoms in total. The van der Waals surface area contributed by atoms with Gasteiger partial charge >= 0.3 is 12.1 Å². The third-order valence-corrected chi connectivity index (χ3v) is 2.29. The average molecular weight is 297 g/mol. The molecule has 0 bridgehead atoms. The Morgan fingerprint density at radius 3 is 2.53 bits per heavy atom. The molecule has 9 heteroatoms. The van der Waals surface area contributed by atoms with E-state index in [1.54, 1.807) is 0 Å². The predicted molar refractivity (Wildman–Crippen MR) is 58.8 cm³/mol. The normalized spacial score (nSPS) is 11.2. The lowest BCUT2D eigenvalue weighted by atomic mass is 10.2. The van der Waals surface area contributed by atoms with Crippen molar-refractivity contribution in [3.63, 3.8) is 0 Å². The number of rotatable bonds is 4. The first kappa shape index (κ1) is 15.2. The van der Waals surface area contributed by atoms with E-state index in [1.165, 1.54) is 6.20 Å². The van der Waals surface area contributed by atoms with Crippen molar-refractivity contribution in [2.75, 3.05) is 13.1 Å². The van der Waals surface area contributed by atoms with Crippen LogP contribution in [0.15, 0.2) is 18.5 Å². The lowest BCUT2D eigenvalue weighted by molar-refractivity contribution is -0.149. The van der Waals surface area contributed by atoms with Gasteiger partial charge in [-0.05, 0) is 6.07 Å². The predicted octanol–water partition coefficient (Wildman–Crippen LogP) is 1.82. The number of aliphatic carboxylic acids is 1. The molecule has 0 spiro atoms. The zero-order valence-electron chi connectivity index (χ0n) is 9.32. The lowest BCUT2D eigenvalue weighted by Gasteiger charge is -2.22. The Morgan fingerprint density at radius 1 is 1.42 bits per heavy atom. The summed E-state index contributed by atoms with van der Waals surface area (Å²) in [5.41, 5.74) is -0.234. The molecule has 1 N–H and O–H groups in total. The van der Waals surface area contributed by atoms with Crippen LogP contribution in [0.3, 0.4) is 0 Å². The van der Waals surface area contributed by atoms with E-state index >= 15 is 0 Å². The van der Waals surface area contributed by atoms with Gasteiger partial charge in [-0.1, -0.05) is 11.6 Å². The zero-order chi connectivity index (χ0) is 14.6.